The van der Waals surface area contributed by atoms with Crippen molar-refractivity contribution in [2.75, 3.05) is 11.9 Å². The highest BCUT2D eigenvalue weighted by Gasteiger charge is 2.24. The highest BCUT2D eigenvalue weighted by Crippen LogP contribution is 2.35. The molecule has 0 atom stereocenters. The summed E-state index contributed by atoms with van der Waals surface area (Å²) in [5.41, 5.74) is 9.30. The number of ether oxygens (including phenoxy) is 1. The van der Waals surface area contributed by atoms with Crippen LogP contribution in [0.1, 0.15) is 5.56 Å². The molecule has 0 saturated heterocycles. The van der Waals surface area contributed by atoms with Gasteiger partial charge in [0.1, 0.15) is 5.75 Å². The number of sulfonamides is 1. The van der Waals surface area contributed by atoms with Gasteiger partial charge in [0.15, 0.2) is 17.5 Å². The van der Waals surface area contributed by atoms with Gasteiger partial charge >= 0.3 is 0 Å². The molecule has 1 aliphatic heterocycles. The number of carbonyl (C=O) groups is 1. The van der Waals surface area contributed by atoms with E-state index in [2.05, 4.69) is 15.4 Å². The van der Waals surface area contributed by atoms with Crippen molar-refractivity contribution in [2.24, 2.45) is 21.8 Å². The summed E-state index contributed by atoms with van der Waals surface area (Å²) in [5.74, 6) is 5.08. The van der Waals surface area contributed by atoms with E-state index in [1.165, 1.54) is 6.20 Å². The quantitative estimate of drug-likeness (QED) is 0.190. The van der Waals surface area contributed by atoms with Crippen molar-refractivity contribution in [3.05, 3.63) is 36.0 Å². The van der Waals surface area contributed by atoms with Crippen LogP contribution >= 0.6 is 0 Å². The van der Waals surface area contributed by atoms with Crippen LogP contribution in [0.2, 0.25) is 0 Å². The predicted octanol–water partition coefficient (Wildman–Crippen LogP) is -1.19. The number of hydrogen-bond donors (Lipinski definition) is 5. The maximum absolute atomic E-state index is 11.9. The van der Waals surface area contributed by atoms with Crippen LogP contribution in [0.4, 0.5) is 5.69 Å². The number of anilines is 1. The fourth-order valence-electron chi connectivity index (χ4n) is 2.51. The van der Waals surface area contributed by atoms with Crippen molar-refractivity contribution >= 4 is 27.5 Å². The van der Waals surface area contributed by atoms with E-state index in [-0.39, 0.29) is 23.9 Å². The molecule has 12 heteroatoms. The molecule has 136 valence electrons. The van der Waals surface area contributed by atoms with E-state index in [1.807, 2.05) is 5.53 Å². The third kappa shape index (κ3) is 3.28. The lowest BCUT2D eigenvalue weighted by Crippen LogP contribution is -2.27. The van der Waals surface area contributed by atoms with Crippen molar-refractivity contribution in [1.82, 2.24) is 10.5 Å². The number of amides is 1. The van der Waals surface area contributed by atoms with Crippen LogP contribution in [0.5, 0.6) is 5.75 Å². The molecule has 8 N–H and O–H groups in total. The number of pyridine rings is 1. The normalized spacial score (nSPS) is 14.2. The molecule has 0 unspecified atom stereocenters. The molecule has 0 bridgehead atoms. The number of benzene rings is 1. The summed E-state index contributed by atoms with van der Waals surface area (Å²) >= 11 is 0. The lowest BCUT2D eigenvalue weighted by Gasteiger charge is -2.19. The molecule has 1 aromatic carbocycles. The summed E-state index contributed by atoms with van der Waals surface area (Å²) in [6.45, 7) is -0.122. The fraction of sp³-hybridized carbons (Fsp3) is 0.0714. The monoisotopic (exact) mass is 377 g/mol. The molecule has 1 aliphatic rings. The Morgan fingerprint density at radius 1 is 1.35 bits per heavy atom. The summed E-state index contributed by atoms with van der Waals surface area (Å²) in [5, 5.41) is 11.1. The molecule has 0 fully saturated rings. The van der Waals surface area contributed by atoms with Gasteiger partial charge in [0.25, 0.3) is 15.9 Å². The van der Waals surface area contributed by atoms with Gasteiger partial charge in [-0.25, -0.2) is 29.9 Å². The number of hydrazine groups is 1. The first-order valence-corrected chi connectivity index (χ1v) is 8.74. The van der Waals surface area contributed by atoms with E-state index < -0.39 is 15.0 Å². The molecule has 1 aromatic heterocycles. The maximum atomic E-state index is 11.9. The van der Waals surface area contributed by atoms with Gasteiger partial charge in [0.05, 0.1) is 11.3 Å². The molecule has 0 radical (unpaired) electrons. The average molecular weight is 377 g/mol. The molecule has 1 amide bonds. The highest BCUT2D eigenvalue weighted by atomic mass is 32.2. The van der Waals surface area contributed by atoms with E-state index in [9.17, 15) is 13.2 Å². The van der Waals surface area contributed by atoms with Crippen molar-refractivity contribution in [2.45, 2.75) is 5.03 Å². The zero-order chi connectivity index (χ0) is 18.9. The number of amidine groups is 1. The van der Waals surface area contributed by atoms with Crippen molar-refractivity contribution in [3.63, 3.8) is 0 Å². The van der Waals surface area contributed by atoms with Gasteiger partial charge in [-0.05, 0) is 29.3 Å². The molecule has 2 aromatic rings. The first-order chi connectivity index (χ1) is 12.3. The van der Waals surface area contributed by atoms with E-state index in [0.29, 0.717) is 22.6 Å². The van der Waals surface area contributed by atoms with Gasteiger partial charge in [0, 0.05) is 6.20 Å². The Hall–Kier alpha value is -3.22. The van der Waals surface area contributed by atoms with Gasteiger partial charge in [-0.15, -0.1) is 5.10 Å². The SMILES string of the molecule is NN/N=C(\N)c1c(-c2ccc3c(c2)OCC(=O)N3)ccnc1S(N)(=O)=O. The number of aromatic nitrogens is 1. The maximum Gasteiger partial charge on any atom is 0.262 e. The topological polar surface area (TPSA) is 188 Å². The number of nitrogens with zero attached hydrogens (tertiary/aromatic N) is 2. The van der Waals surface area contributed by atoms with E-state index in [0.717, 1.165) is 0 Å². The number of fused-ring (bicyclic) bond motifs is 1. The van der Waals surface area contributed by atoms with Crippen molar-refractivity contribution in [3.8, 4) is 16.9 Å². The average Bonchev–Trinajstić information content (AvgIpc) is 2.60. The number of rotatable bonds is 4. The van der Waals surface area contributed by atoms with Gasteiger partial charge < -0.3 is 15.8 Å². The molecule has 0 spiro atoms. The van der Waals surface area contributed by atoms with Crippen LogP contribution in [-0.4, -0.2) is 31.8 Å². The number of hydrogen-bond acceptors (Lipinski definition) is 8. The molecular weight excluding hydrogens is 362 g/mol. The van der Waals surface area contributed by atoms with Crippen LogP contribution in [0.3, 0.4) is 0 Å². The molecule has 26 heavy (non-hydrogen) atoms. The second-order valence-electron chi connectivity index (χ2n) is 5.26. The van der Waals surface area contributed by atoms with Gasteiger partial charge in [-0.3, -0.25) is 4.79 Å². The van der Waals surface area contributed by atoms with E-state index in [1.54, 1.807) is 24.3 Å². The number of primary sulfonamides is 1. The van der Waals surface area contributed by atoms with Gasteiger partial charge in [-0.1, -0.05) is 6.07 Å². The second kappa shape index (κ2) is 6.59. The van der Waals surface area contributed by atoms with Crippen molar-refractivity contribution < 1.29 is 17.9 Å². The molecular formula is C14H15N7O4S. The molecule has 0 saturated carbocycles. The van der Waals surface area contributed by atoms with Gasteiger partial charge in [-0.2, -0.15) is 0 Å². The predicted molar refractivity (Wildman–Crippen MR) is 93.2 cm³/mol. The minimum atomic E-state index is -4.18. The summed E-state index contributed by atoms with van der Waals surface area (Å²) in [6, 6.07) is 6.45. The zero-order valence-electron chi connectivity index (χ0n) is 13.3. The lowest BCUT2D eigenvalue weighted by atomic mass is 10.00. The van der Waals surface area contributed by atoms with Crippen LogP contribution in [0.25, 0.3) is 11.1 Å². The third-order valence-electron chi connectivity index (χ3n) is 3.55. The number of carbonyl (C=O) groups excluding carboxylic acids is 1. The Bertz CT molecular complexity index is 1020. The Labute approximate surface area is 148 Å². The first kappa shape index (κ1) is 17.6. The summed E-state index contributed by atoms with van der Waals surface area (Å²) < 4.78 is 29.2. The minimum Gasteiger partial charge on any atom is -0.482 e. The Morgan fingerprint density at radius 3 is 2.81 bits per heavy atom. The van der Waals surface area contributed by atoms with Crippen LogP contribution in [-0.2, 0) is 14.8 Å². The van der Waals surface area contributed by atoms with E-state index >= 15 is 0 Å². The number of nitrogens with one attached hydrogen (secondary N) is 2. The second-order valence-corrected chi connectivity index (χ2v) is 6.73. The number of nitrogens with two attached hydrogens (primary N) is 3. The summed E-state index contributed by atoms with van der Waals surface area (Å²) in [6.07, 6.45) is 1.28. The highest BCUT2D eigenvalue weighted by molar-refractivity contribution is 7.89. The standard InChI is InChI=1S/C14H15N7O4S/c15-13(20-21-16)12-8(3-4-18-14(12)26(17,23)24)7-1-2-9-10(5-7)25-6-11(22)19-9/h1-5,21H,6,16H2,(H2,15,20)(H,19,22)(H2,17,23,24). The summed E-state index contributed by atoms with van der Waals surface area (Å²) in [7, 11) is -4.18. The third-order valence-corrected chi connectivity index (χ3v) is 4.40. The smallest absolute Gasteiger partial charge is 0.262 e. The minimum absolute atomic E-state index is 0.00672. The van der Waals surface area contributed by atoms with Crippen molar-refractivity contribution in [1.29, 1.82) is 0 Å². The molecule has 2 heterocycles. The van der Waals surface area contributed by atoms with E-state index in [4.69, 9.17) is 21.5 Å². The molecule has 3 rings (SSSR count). The lowest BCUT2D eigenvalue weighted by molar-refractivity contribution is -0.118. The van der Waals surface area contributed by atoms with Crippen LogP contribution in [0.15, 0.2) is 40.6 Å². The molecule has 0 aliphatic carbocycles. The van der Waals surface area contributed by atoms with Crippen LogP contribution in [0, 0.1) is 0 Å². The Balaban J connectivity index is 2.23. The Morgan fingerprint density at radius 2 is 2.12 bits per heavy atom. The summed E-state index contributed by atoms with van der Waals surface area (Å²) in [4.78, 5) is 15.2. The molecule has 11 nitrogen and oxygen atoms in total. The fourth-order valence-corrected chi connectivity index (χ4v) is 3.22. The first-order valence-electron chi connectivity index (χ1n) is 7.19. The largest absolute Gasteiger partial charge is 0.482 e. The Kier molecular flexibility index (Phi) is 4.46. The van der Waals surface area contributed by atoms with Gasteiger partial charge in [0.2, 0.25) is 0 Å². The van der Waals surface area contributed by atoms with Crippen LogP contribution < -0.4 is 32.3 Å². The number of hydrazone groups is 1. The zero-order valence-corrected chi connectivity index (χ0v) is 14.1.